The number of H-pyrrole nitrogens is 1. The fraction of sp³-hybridized carbons (Fsp3) is 0.517. The van der Waals surface area contributed by atoms with Crippen LogP contribution in [-0.4, -0.2) is 44.1 Å². The number of hydrogen-bond acceptors (Lipinski definition) is 3. The second kappa shape index (κ2) is 8.53. The van der Waals surface area contributed by atoms with Gasteiger partial charge in [0.15, 0.2) is 5.65 Å². The third-order valence-electron chi connectivity index (χ3n) is 7.51. The van der Waals surface area contributed by atoms with Gasteiger partial charge in [0.05, 0.1) is 5.69 Å². The molecule has 0 bridgehead atoms. The zero-order valence-electron chi connectivity index (χ0n) is 21.9. The molecule has 1 aliphatic heterocycles. The Morgan fingerprint density at radius 2 is 1.94 bits per heavy atom. The summed E-state index contributed by atoms with van der Waals surface area (Å²) in [6, 6.07) is 7.14. The van der Waals surface area contributed by atoms with Crippen LogP contribution >= 0.6 is 0 Å². The summed E-state index contributed by atoms with van der Waals surface area (Å²) in [6.45, 7) is 19.6. The minimum absolute atomic E-state index is 0.341. The van der Waals surface area contributed by atoms with Crippen molar-refractivity contribution in [2.75, 3.05) is 19.6 Å². The van der Waals surface area contributed by atoms with E-state index in [0.29, 0.717) is 17.3 Å². The summed E-state index contributed by atoms with van der Waals surface area (Å²) in [7, 11) is 0. The Kier molecular flexibility index (Phi) is 5.79. The number of aryl methyl sites for hydroxylation is 1. The molecule has 0 saturated carbocycles. The van der Waals surface area contributed by atoms with Crippen LogP contribution in [0.15, 0.2) is 30.7 Å². The molecule has 180 valence electrons. The van der Waals surface area contributed by atoms with E-state index in [1.54, 1.807) is 6.33 Å². The normalized spacial score (nSPS) is 17.9. The molecule has 4 heterocycles. The van der Waals surface area contributed by atoms with Crippen molar-refractivity contribution in [3.8, 4) is 11.3 Å². The fourth-order valence-corrected chi connectivity index (χ4v) is 5.89. The first-order valence-corrected chi connectivity index (χ1v) is 12.8. The van der Waals surface area contributed by atoms with Crippen molar-refractivity contribution in [3.63, 3.8) is 0 Å². The maximum atomic E-state index is 4.44. The Morgan fingerprint density at radius 1 is 1.15 bits per heavy atom. The van der Waals surface area contributed by atoms with E-state index in [9.17, 15) is 0 Å². The summed E-state index contributed by atoms with van der Waals surface area (Å²) in [4.78, 5) is 10.9. The predicted molar refractivity (Wildman–Crippen MR) is 142 cm³/mol. The van der Waals surface area contributed by atoms with Crippen LogP contribution < -0.4 is 0 Å². The molecule has 0 spiro atoms. The number of pyridine rings is 1. The zero-order chi connectivity index (χ0) is 24.2. The van der Waals surface area contributed by atoms with Crippen LogP contribution in [0.25, 0.3) is 27.8 Å². The topological polar surface area (TPSA) is 49.2 Å². The molecule has 5 heteroatoms. The zero-order valence-corrected chi connectivity index (χ0v) is 21.9. The van der Waals surface area contributed by atoms with Crippen LogP contribution in [-0.2, 0) is 0 Å². The second-order valence-electron chi connectivity index (χ2n) is 11.8. The highest BCUT2D eigenvalue weighted by atomic mass is 15.3. The smallest absolute Gasteiger partial charge is 0.158 e. The number of fused-ring (bicyclic) bond motifs is 2. The van der Waals surface area contributed by atoms with Crippen LogP contribution in [0.3, 0.4) is 0 Å². The number of nitrogens with one attached hydrogen (secondary N) is 1. The largest absolute Gasteiger partial charge is 0.354 e. The van der Waals surface area contributed by atoms with Crippen LogP contribution in [0.4, 0.5) is 0 Å². The van der Waals surface area contributed by atoms with Gasteiger partial charge in [0.25, 0.3) is 0 Å². The highest BCUT2D eigenvalue weighted by Gasteiger charge is 2.26. The molecule has 1 N–H and O–H groups in total. The van der Waals surface area contributed by atoms with Gasteiger partial charge in [-0.05, 0) is 84.9 Å². The number of piperidine rings is 1. The minimum Gasteiger partial charge on any atom is -0.354 e. The van der Waals surface area contributed by atoms with Crippen LogP contribution in [0.2, 0.25) is 0 Å². The molecule has 3 aromatic heterocycles. The van der Waals surface area contributed by atoms with E-state index in [-0.39, 0.29) is 0 Å². The molecule has 1 unspecified atom stereocenters. The minimum atomic E-state index is 0.341. The van der Waals surface area contributed by atoms with Gasteiger partial charge < -0.3 is 9.88 Å². The first-order valence-electron chi connectivity index (χ1n) is 12.8. The van der Waals surface area contributed by atoms with E-state index in [0.717, 1.165) is 5.65 Å². The van der Waals surface area contributed by atoms with Gasteiger partial charge in [-0.15, -0.1) is 0 Å². The molecule has 34 heavy (non-hydrogen) atoms. The van der Waals surface area contributed by atoms with E-state index >= 15 is 0 Å². The Hall–Kier alpha value is -2.66. The third-order valence-corrected chi connectivity index (χ3v) is 7.51. The monoisotopic (exact) mass is 457 g/mol. The van der Waals surface area contributed by atoms with Gasteiger partial charge in [-0.2, -0.15) is 5.10 Å². The van der Waals surface area contributed by atoms with Crippen LogP contribution in [0.5, 0.6) is 0 Å². The average molecular weight is 458 g/mol. The molecule has 0 amide bonds. The number of nitrogens with zero attached hydrogens (tertiary/aromatic N) is 4. The van der Waals surface area contributed by atoms with E-state index in [4.69, 9.17) is 0 Å². The summed E-state index contributed by atoms with van der Waals surface area (Å²) in [5.74, 6) is 1.02. The van der Waals surface area contributed by atoms with Crippen molar-refractivity contribution in [1.82, 2.24) is 24.5 Å². The average Bonchev–Trinajstić information content (AvgIpc) is 3.39. The molecule has 1 aliphatic rings. The van der Waals surface area contributed by atoms with Gasteiger partial charge in [-0.25, -0.2) is 9.50 Å². The summed E-state index contributed by atoms with van der Waals surface area (Å²) in [5.41, 5.74) is 10.3. The number of rotatable bonds is 4. The predicted octanol–water partition coefficient (Wildman–Crippen LogP) is 6.84. The first-order chi connectivity index (χ1) is 16.1. The van der Waals surface area contributed by atoms with Gasteiger partial charge in [0, 0.05) is 35.8 Å². The molecule has 5 nitrogen and oxygen atoms in total. The van der Waals surface area contributed by atoms with Gasteiger partial charge >= 0.3 is 0 Å². The number of hydrogen-bond donors (Lipinski definition) is 1. The summed E-state index contributed by atoms with van der Waals surface area (Å²) in [5, 5.41) is 5.80. The summed E-state index contributed by atoms with van der Waals surface area (Å²) < 4.78 is 1.91. The lowest BCUT2D eigenvalue weighted by Gasteiger charge is -2.37. The lowest BCUT2D eigenvalue weighted by Crippen LogP contribution is -2.39. The third kappa shape index (κ3) is 4.15. The first kappa shape index (κ1) is 23.1. The van der Waals surface area contributed by atoms with Crippen LogP contribution in [0.1, 0.15) is 81.5 Å². The summed E-state index contributed by atoms with van der Waals surface area (Å²) in [6.07, 6.45) is 6.33. The molecule has 1 aromatic carbocycles. The highest BCUT2D eigenvalue weighted by Crippen LogP contribution is 2.39. The molecular weight excluding hydrogens is 418 g/mol. The molecule has 1 saturated heterocycles. The van der Waals surface area contributed by atoms with Gasteiger partial charge in [0.2, 0.25) is 0 Å². The molecule has 0 aliphatic carbocycles. The molecule has 0 radical (unpaired) electrons. The standard InChI is InChI=1S/C29H39N5/c1-18(2)26-23-13-21(22-9-8-12-33(14-22)16-29(5,6)7)10-11-25(23)32-27(26)24-15-34-28(30-17-31-34)20(4)19(24)3/h10-11,13,15,17-18,22,32H,8-9,12,14,16H2,1-7H3. The van der Waals surface area contributed by atoms with Crippen molar-refractivity contribution < 1.29 is 0 Å². The van der Waals surface area contributed by atoms with Crippen molar-refractivity contribution in [2.45, 2.75) is 73.1 Å². The van der Waals surface area contributed by atoms with E-state index in [1.807, 2.05) is 4.52 Å². The Labute approximate surface area is 203 Å². The van der Waals surface area contributed by atoms with E-state index < -0.39 is 0 Å². The van der Waals surface area contributed by atoms with Crippen molar-refractivity contribution >= 4 is 16.6 Å². The van der Waals surface area contributed by atoms with Gasteiger partial charge in [0.1, 0.15) is 6.33 Å². The maximum absolute atomic E-state index is 4.44. The SMILES string of the molecule is Cc1c(-c2[nH]c3ccc(C4CCCN(CC(C)(C)C)C4)cc3c2C(C)C)cn2ncnc2c1C. The lowest BCUT2D eigenvalue weighted by molar-refractivity contribution is 0.151. The maximum Gasteiger partial charge on any atom is 0.158 e. The number of benzene rings is 1. The van der Waals surface area contributed by atoms with Gasteiger partial charge in [-0.3, -0.25) is 0 Å². The van der Waals surface area contributed by atoms with Gasteiger partial charge in [-0.1, -0.05) is 40.7 Å². The highest BCUT2D eigenvalue weighted by molar-refractivity contribution is 5.92. The molecule has 1 fully saturated rings. The second-order valence-corrected chi connectivity index (χ2v) is 11.8. The molecule has 1 atom stereocenters. The molecule has 5 rings (SSSR count). The van der Waals surface area contributed by atoms with E-state index in [2.05, 4.69) is 92.8 Å². The molecule has 4 aromatic rings. The van der Waals surface area contributed by atoms with Crippen LogP contribution in [0, 0.1) is 19.3 Å². The number of likely N-dealkylation sites (tertiary alicyclic amines) is 1. The van der Waals surface area contributed by atoms with Crippen molar-refractivity contribution in [1.29, 1.82) is 0 Å². The number of aromatic amines is 1. The van der Waals surface area contributed by atoms with Crippen molar-refractivity contribution in [3.05, 3.63) is 53.0 Å². The number of aromatic nitrogens is 4. The quantitative estimate of drug-likeness (QED) is 0.365. The van der Waals surface area contributed by atoms with E-state index in [1.165, 1.54) is 76.9 Å². The Morgan fingerprint density at radius 3 is 2.68 bits per heavy atom. The Bertz CT molecular complexity index is 1330. The lowest BCUT2D eigenvalue weighted by atomic mass is 9.87. The molecular formula is C29H39N5. The fourth-order valence-electron chi connectivity index (χ4n) is 5.89. The Balaban J connectivity index is 1.58. The van der Waals surface area contributed by atoms with Crippen molar-refractivity contribution in [2.24, 2.45) is 5.41 Å². The summed E-state index contributed by atoms with van der Waals surface area (Å²) >= 11 is 0.